The Bertz CT molecular complexity index is 832. The number of nitrogens with zero attached hydrogens (tertiary/aromatic N) is 1. The molecule has 0 spiro atoms. The number of ether oxygens (including phenoxy) is 2. The van der Waals surface area contributed by atoms with E-state index in [1.165, 1.54) is 11.3 Å². The standard InChI is InChI=1S/C20H20N2O3S/c1-24-12-11-21-19(23)18-14-26-20(22-18)16-7-9-17(10-8-16)25-13-15-5-3-2-4-6-15/h2-10,14H,11-13H2,1H3,(H,21,23). The minimum absolute atomic E-state index is 0.188. The summed E-state index contributed by atoms with van der Waals surface area (Å²) in [5.74, 6) is 0.610. The van der Waals surface area contributed by atoms with Gasteiger partial charge in [0.25, 0.3) is 5.91 Å². The van der Waals surface area contributed by atoms with E-state index in [9.17, 15) is 4.79 Å². The predicted molar refractivity (Wildman–Crippen MR) is 103 cm³/mol. The van der Waals surface area contributed by atoms with Crippen LogP contribution >= 0.6 is 11.3 Å². The number of nitrogens with one attached hydrogen (secondary N) is 1. The Morgan fingerprint density at radius 3 is 2.62 bits per heavy atom. The van der Waals surface area contributed by atoms with Crippen LogP contribution in [0.3, 0.4) is 0 Å². The molecule has 0 aliphatic heterocycles. The molecule has 1 amide bonds. The minimum Gasteiger partial charge on any atom is -0.489 e. The van der Waals surface area contributed by atoms with Crippen LogP contribution in [0.2, 0.25) is 0 Å². The number of aromatic nitrogens is 1. The molecule has 2 aromatic carbocycles. The second kappa shape index (κ2) is 9.12. The van der Waals surface area contributed by atoms with Gasteiger partial charge in [-0.25, -0.2) is 4.98 Å². The largest absolute Gasteiger partial charge is 0.489 e. The molecule has 0 saturated carbocycles. The van der Waals surface area contributed by atoms with Crippen LogP contribution in [0.15, 0.2) is 60.0 Å². The molecule has 1 heterocycles. The van der Waals surface area contributed by atoms with Crippen LogP contribution in [0.4, 0.5) is 0 Å². The molecule has 0 bridgehead atoms. The van der Waals surface area contributed by atoms with E-state index in [1.54, 1.807) is 12.5 Å². The van der Waals surface area contributed by atoms with Gasteiger partial charge in [0.15, 0.2) is 0 Å². The van der Waals surface area contributed by atoms with E-state index < -0.39 is 0 Å². The quantitative estimate of drug-likeness (QED) is 0.615. The van der Waals surface area contributed by atoms with Gasteiger partial charge < -0.3 is 14.8 Å². The molecular weight excluding hydrogens is 348 g/mol. The lowest BCUT2D eigenvalue weighted by Gasteiger charge is -2.06. The molecule has 0 aliphatic rings. The number of hydrogen-bond acceptors (Lipinski definition) is 5. The monoisotopic (exact) mass is 368 g/mol. The highest BCUT2D eigenvalue weighted by Crippen LogP contribution is 2.26. The molecule has 0 atom stereocenters. The average Bonchev–Trinajstić information content (AvgIpc) is 3.18. The lowest BCUT2D eigenvalue weighted by molar-refractivity contribution is 0.0933. The number of hydrogen-bond donors (Lipinski definition) is 1. The highest BCUT2D eigenvalue weighted by atomic mass is 32.1. The van der Waals surface area contributed by atoms with Crippen LogP contribution in [-0.2, 0) is 11.3 Å². The topological polar surface area (TPSA) is 60.5 Å². The molecule has 0 saturated heterocycles. The van der Waals surface area contributed by atoms with Crippen LogP contribution in [0.25, 0.3) is 10.6 Å². The Labute approximate surface area is 156 Å². The molecule has 3 aromatic rings. The number of methoxy groups -OCH3 is 1. The summed E-state index contributed by atoms with van der Waals surface area (Å²) < 4.78 is 10.7. The van der Waals surface area contributed by atoms with Crippen LogP contribution in [-0.4, -0.2) is 31.2 Å². The zero-order chi connectivity index (χ0) is 18.2. The SMILES string of the molecule is COCCNC(=O)c1csc(-c2ccc(OCc3ccccc3)cc2)n1. The lowest BCUT2D eigenvalue weighted by atomic mass is 10.2. The van der Waals surface area contributed by atoms with E-state index in [-0.39, 0.29) is 5.91 Å². The second-order valence-corrected chi connectivity index (χ2v) is 6.44. The third-order valence-electron chi connectivity index (χ3n) is 3.68. The molecule has 134 valence electrons. The maximum atomic E-state index is 12.0. The fraction of sp³-hybridized carbons (Fsp3) is 0.200. The number of benzene rings is 2. The molecule has 1 aromatic heterocycles. The molecule has 0 fully saturated rings. The van der Waals surface area contributed by atoms with Crippen molar-refractivity contribution in [3.8, 4) is 16.3 Å². The zero-order valence-corrected chi connectivity index (χ0v) is 15.3. The molecule has 5 nitrogen and oxygen atoms in total. The van der Waals surface area contributed by atoms with Crippen molar-refractivity contribution < 1.29 is 14.3 Å². The third-order valence-corrected chi connectivity index (χ3v) is 4.57. The van der Waals surface area contributed by atoms with Crippen LogP contribution in [0, 0.1) is 0 Å². The molecule has 0 unspecified atom stereocenters. The first-order valence-corrected chi connectivity index (χ1v) is 9.14. The Balaban J connectivity index is 1.59. The van der Waals surface area contributed by atoms with E-state index in [1.807, 2.05) is 54.6 Å². The van der Waals surface area contributed by atoms with E-state index in [0.29, 0.717) is 25.5 Å². The number of carbonyl (C=O) groups is 1. The summed E-state index contributed by atoms with van der Waals surface area (Å²) in [6.07, 6.45) is 0. The molecule has 0 radical (unpaired) electrons. The van der Waals surface area contributed by atoms with Crippen molar-refractivity contribution >= 4 is 17.2 Å². The number of amides is 1. The van der Waals surface area contributed by atoms with Gasteiger partial charge in [0.2, 0.25) is 0 Å². The summed E-state index contributed by atoms with van der Waals surface area (Å²) in [7, 11) is 1.60. The van der Waals surface area contributed by atoms with Crippen molar-refractivity contribution in [2.75, 3.05) is 20.3 Å². The first kappa shape index (κ1) is 18.1. The normalized spacial score (nSPS) is 10.5. The highest BCUT2D eigenvalue weighted by Gasteiger charge is 2.11. The van der Waals surface area contributed by atoms with Gasteiger partial charge >= 0.3 is 0 Å². The van der Waals surface area contributed by atoms with Gasteiger partial charge in [0.1, 0.15) is 23.1 Å². The summed E-state index contributed by atoms with van der Waals surface area (Å²) in [6, 6.07) is 17.8. The Kier molecular flexibility index (Phi) is 6.35. The van der Waals surface area contributed by atoms with Crippen LogP contribution < -0.4 is 10.1 Å². The van der Waals surface area contributed by atoms with E-state index in [4.69, 9.17) is 9.47 Å². The van der Waals surface area contributed by atoms with Crippen molar-refractivity contribution in [3.05, 3.63) is 71.2 Å². The zero-order valence-electron chi connectivity index (χ0n) is 14.5. The molecule has 1 N–H and O–H groups in total. The van der Waals surface area contributed by atoms with Crippen molar-refractivity contribution in [2.24, 2.45) is 0 Å². The first-order valence-electron chi connectivity index (χ1n) is 8.26. The van der Waals surface area contributed by atoms with Gasteiger partial charge in [-0.2, -0.15) is 0 Å². The maximum absolute atomic E-state index is 12.0. The van der Waals surface area contributed by atoms with Crippen molar-refractivity contribution in [3.63, 3.8) is 0 Å². The summed E-state index contributed by atoms with van der Waals surface area (Å²) in [6.45, 7) is 1.48. The van der Waals surface area contributed by atoms with Gasteiger partial charge in [-0.15, -0.1) is 11.3 Å². The Morgan fingerprint density at radius 2 is 1.88 bits per heavy atom. The van der Waals surface area contributed by atoms with E-state index in [2.05, 4.69) is 10.3 Å². The van der Waals surface area contributed by atoms with Gasteiger partial charge in [-0.3, -0.25) is 4.79 Å². The van der Waals surface area contributed by atoms with Gasteiger partial charge in [-0.05, 0) is 29.8 Å². The Hall–Kier alpha value is -2.70. The van der Waals surface area contributed by atoms with Crippen molar-refractivity contribution in [2.45, 2.75) is 6.61 Å². The Morgan fingerprint density at radius 1 is 1.12 bits per heavy atom. The summed E-state index contributed by atoms with van der Waals surface area (Å²) in [5, 5.41) is 5.33. The van der Waals surface area contributed by atoms with E-state index in [0.717, 1.165) is 21.9 Å². The summed E-state index contributed by atoms with van der Waals surface area (Å²) in [4.78, 5) is 16.4. The summed E-state index contributed by atoms with van der Waals surface area (Å²) >= 11 is 1.44. The predicted octanol–water partition coefficient (Wildman–Crippen LogP) is 3.77. The second-order valence-electron chi connectivity index (χ2n) is 5.59. The van der Waals surface area contributed by atoms with Gasteiger partial charge in [0.05, 0.1) is 6.61 Å². The molecule has 6 heteroatoms. The highest BCUT2D eigenvalue weighted by molar-refractivity contribution is 7.13. The fourth-order valence-electron chi connectivity index (χ4n) is 2.30. The first-order chi connectivity index (χ1) is 12.8. The number of carbonyl (C=O) groups excluding carboxylic acids is 1. The number of thiazole rings is 1. The smallest absolute Gasteiger partial charge is 0.270 e. The van der Waals surface area contributed by atoms with Crippen molar-refractivity contribution in [1.82, 2.24) is 10.3 Å². The van der Waals surface area contributed by atoms with E-state index >= 15 is 0 Å². The maximum Gasteiger partial charge on any atom is 0.270 e. The van der Waals surface area contributed by atoms with Crippen molar-refractivity contribution in [1.29, 1.82) is 0 Å². The van der Waals surface area contributed by atoms with Gasteiger partial charge in [-0.1, -0.05) is 30.3 Å². The van der Waals surface area contributed by atoms with Gasteiger partial charge in [0, 0.05) is 24.6 Å². The molecule has 26 heavy (non-hydrogen) atoms. The molecule has 0 aliphatic carbocycles. The minimum atomic E-state index is -0.188. The third kappa shape index (κ3) is 4.91. The summed E-state index contributed by atoms with van der Waals surface area (Å²) in [5.41, 5.74) is 2.50. The lowest BCUT2D eigenvalue weighted by Crippen LogP contribution is -2.27. The fourth-order valence-corrected chi connectivity index (χ4v) is 3.11. The number of rotatable bonds is 8. The average molecular weight is 368 g/mol. The molecular formula is C20H20N2O3S. The van der Waals surface area contributed by atoms with Crippen LogP contribution in [0.5, 0.6) is 5.75 Å². The van der Waals surface area contributed by atoms with Crippen LogP contribution in [0.1, 0.15) is 16.1 Å². The molecule has 3 rings (SSSR count).